The normalized spacial score (nSPS) is 11.1. The first-order valence-electron chi connectivity index (χ1n) is 14.5. The van der Waals surface area contributed by atoms with Crippen molar-refractivity contribution in [2.75, 3.05) is 0 Å². The van der Waals surface area contributed by atoms with Gasteiger partial charge in [-0.25, -0.2) is 5.26 Å². The summed E-state index contributed by atoms with van der Waals surface area (Å²) in [6, 6.07) is 45.4. The Morgan fingerprint density at radius 1 is 0.711 bits per heavy atom. The number of hydrogen-bond acceptors (Lipinski definition) is 3. The fraction of sp³-hybridized carbons (Fsp3) is 0.0513. The number of benzene rings is 5. The molecule has 0 fully saturated rings. The summed E-state index contributed by atoms with van der Waals surface area (Å²) < 4.78 is 4.55. The molecule has 217 valence electrons. The number of hydrogen-bond donors (Lipinski definition) is 0. The van der Waals surface area contributed by atoms with Crippen molar-refractivity contribution in [1.29, 1.82) is 5.26 Å². The number of fused-ring (bicyclic) bond motifs is 8. The van der Waals surface area contributed by atoms with Crippen LogP contribution in [0.2, 0.25) is 0 Å². The van der Waals surface area contributed by atoms with E-state index in [0.717, 1.165) is 33.7 Å². The van der Waals surface area contributed by atoms with Gasteiger partial charge >= 0.3 is 0 Å². The van der Waals surface area contributed by atoms with Crippen LogP contribution >= 0.6 is 0 Å². The van der Waals surface area contributed by atoms with E-state index in [4.69, 9.17) is 10.2 Å². The molecule has 1 radical (unpaired) electrons. The number of rotatable bonds is 2. The number of nitriles is 1. The Morgan fingerprint density at radius 2 is 1.49 bits per heavy atom. The minimum atomic E-state index is 0. The molecule has 5 aromatic carbocycles. The molecule has 0 unspecified atom stereocenters. The van der Waals surface area contributed by atoms with Gasteiger partial charge in [0.1, 0.15) is 0 Å². The molecular formula is C39H25IrN5-2. The molecule has 0 aliphatic rings. The van der Waals surface area contributed by atoms with Gasteiger partial charge < -0.3 is 14.0 Å². The number of aromatic nitrogens is 4. The second-order valence-electron chi connectivity index (χ2n) is 11.0. The molecule has 0 aliphatic carbocycles. The summed E-state index contributed by atoms with van der Waals surface area (Å²) in [6.07, 6.45) is 1.87. The summed E-state index contributed by atoms with van der Waals surface area (Å²) >= 11 is 0. The summed E-state index contributed by atoms with van der Waals surface area (Å²) in [5, 5.41) is 14.1. The van der Waals surface area contributed by atoms with E-state index < -0.39 is 0 Å². The van der Waals surface area contributed by atoms with E-state index >= 15 is 0 Å². The Morgan fingerprint density at radius 3 is 2.22 bits per heavy atom. The van der Waals surface area contributed by atoms with E-state index in [1.807, 2.05) is 55.6 Å². The average Bonchev–Trinajstić information content (AvgIpc) is 3.72. The Labute approximate surface area is 273 Å². The number of imidazole rings is 1. The molecule has 4 heterocycles. The molecule has 0 bridgehead atoms. The second-order valence-corrected chi connectivity index (χ2v) is 11.0. The monoisotopic (exact) mass is 756 g/mol. The summed E-state index contributed by atoms with van der Waals surface area (Å²) in [5.74, 6) is 0.844. The van der Waals surface area contributed by atoms with E-state index in [2.05, 4.69) is 99.9 Å². The molecule has 0 amide bonds. The predicted octanol–water partition coefficient (Wildman–Crippen LogP) is 8.92. The van der Waals surface area contributed by atoms with Crippen LogP contribution in [0.4, 0.5) is 0 Å². The minimum Gasteiger partial charge on any atom is -0.365 e. The summed E-state index contributed by atoms with van der Waals surface area (Å²) in [7, 11) is 2.06. The molecule has 5 nitrogen and oxygen atoms in total. The maximum Gasteiger partial charge on any atom is 0.0839 e. The van der Waals surface area contributed by atoms with Crippen LogP contribution in [0.15, 0.2) is 115 Å². The van der Waals surface area contributed by atoms with Crippen LogP contribution in [0.25, 0.3) is 71.8 Å². The van der Waals surface area contributed by atoms with Gasteiger partial charge in [0.25, 0.3) is 0 Å². The molecule has 0 aliphatic heterocycles. The fourth-order valence-corrected chi connectivity index (χ4v) is 6.25. The molecule has 0 spiro atoms. The molecular weight excluding hydrogens is 731 g/mol. The molecule has 6 heteroatoms. The molecule has 9 aromatic rings. The minimum absolute atomic E-state index is 0. The molecule has 0 atom stereocenters. The van der Waals surface area contributed by atoms with Crippen LogP contribution in [0.3, 0.4) is 0 Å². The Hall–Kier alpha value is -5.34. The first-order chi connectivity index (χ1) is 21.6. The third-order valence-electron chi connectivity index (χ3n) is 8.30. The largest absolute Gasteiger partial charge is 0.365 e. The summed E-state index contributed by atoms with van der Waals surface area (Å²) in [6.45, 7) is 2.03. The molecule has 45 heavy (non-hydrogen) atoms. The van der Waals surface area contributed by atoms with Gasteiger partial charge in [0.2, 0.25) is 0 Å². The van der Waals surface area contributed by atoms with Crippen molar-refractivity contribution in [3.8, 4) is 28.7 Å². The number of pyridine rings is 1. The van der Waals surface area contributed by atoms with Gasteiger partial charge in [0.05, 0.1) is 33.4 Å². The van der Waals surface area contributed by atoms with Crippen molar-refractivity contribution in [1.82, 2.24) is 18.9 Å². The van der Waals surface area contributed by atoms with Crippen LogP contribution in [0.1, 0.15) is 11.1 Å². The van der Waals surface area contributed by atoms with Gasteiger partial charge in [-0.05, 0) is 41.9 Å². The molecule has 9 rings (SSSR count). The third kappa shape index (κ3) is 4.57. The van der Waals surface area contributed by atoms with Crippen molar-refractivity contribution in [2.45, 2.75) is 6.92 Å². The van der Waals surface area contributed by atoms with Gasteiger partial charge in [0, 0.05) is 61.0 Å². The fourth-order valence-electron chi connectivity index (χ4n) is 6.25. The first kappa shape index (κ1) is 28.4. The quantitative estimate of drug-likeness (QED) is 0.166. The van der Waals surface area contributed by atoms with E-state index in [1.54, 1.807) is 6.07 Å². The van der Waals surface area contributed by atoms with Crippen molar-refractivity contribution in [2.24, 2.45) is 7.05 Å². The predicted molar refractivity (Wildman–Crippen MR) is 178 cm³/mol. The zero-order chi connectivity index (χ0) is 29.8. The smallest absolute Gasteiger partial charge is 0.0839 e. The third-order valence-corrected chi connectivity index (χ3v) is 8.30. The zero-order valence-electron chi connectivity index (χ0n) is 24.5. The van der Waals surface area contributed by atoms with Crippen molar-refractivity contribution in [3.05, 3.63) is 139 Å². The maximum absolute atomic E-state index is 9.10. The van der Waals surface area contributed by atoms with Crippen molar-refractivity contribution >= 4 is 49.1 Å². The Balaban J connectivity index is 0.000000196. The maximum atomic E-state index is 9.10. The Kier molecular flexibility index (Phi) is 7.14. The average molecular weight is 756 g/mol. The van der Waals surface area contributed by atoms with Crippen LogP contribution in [0, 0.1) is 30.4 Å². The van der Waals surface area contributed by atoms with E-state index in [-0.39, 0.29) is 20.1 Å². The second kappa shape index (κ2) is 11.3. The summed E-state index contributed by atoms with van der Waals surface area (Å²) in [5.41, 5.74) is 10.4. The summed E-state index contributed by atoms with van der Waals surface area (Å²) in [4.78, 5) is 9.26. The topological polar surface area (TPSA) is 58.9 Å². The molecule has 0 N–H and O–H groups in total. The Bertz CT molecular complexity index is 2500. The van der Waals surface area contributed by atoms with Crippen LogP contribution < -0.4 is 0 Å². The zero-order valence-corrected chi connectivity index (χ0v) is 26.9. The van der Waals surface area contributed by atoms with Crippen LogP contribution in [0.5, 0.6) is 0 Å². The van der Waals surface area contributed by atoms with Crippen molar-refractivity contribution in [3.63, 3.8) is 0 Å². The van der Waals surface area contributed by atoms with E-state index in [0.29, 0.717) is 5.56 Å². The van der Waals surface area contributed by atoms with Gasteiger partial charge in [-0.15, -0.1) is 65.7 Å². The standard InChI is InChI=1S/C27H15N4.C12H10N.Ir/c1-30-26-22(29-27(30)17-11-9-16(15-28)10-12-17)14-13-21-20-7-4-6-19-18-5-2-3-8-23(18)31(24(19)20)25(21)26;1-10-7-8-12(13-9-10)11-5-3-2-4-6-11;/h2-11,13-14H,1H3;2-5,7-9H,1H3;/q2*-1;. The molecule has 0 saturated carbocycles. The number of aryl methyl sites for hydroxylation is 2. The molecule has 0 saturated heterocycles. The number of nitrogens with zero attached hydrogens (tertiary/aromatic N) is 5. The van der Waals surface area contributed by atoms with E-state index in [1.165, 1.54) is 43.7 Å². The van der Waals surface area contributed by atoms with Gasteiger partial charge in [0.15, 0.2) is 0 Å². The van der Waals surface area contributed by atoms with Crippen LogP contribution in [-0.2, 0) is 27.2 Å². The van der Waals surface area contributed by atoms with Gasteiger partial charge in [-0.2, -0.15) is 0 Å². The van der Waals surface area contributed by atoms with Gasteiger partial charge in [-0.3, -0.25) is 4.98 Å². The van der Waals surface area contributed by atoms with Gasteiger partial charge in [-0.1, -0.05) is 48.5 Å². The first-order valence-corrected chi connectivity index (χ1v) is 14.5. The number of para-hydroxylation sites is 2. The van der Waals surface area contributed by atoms with Crippen LogP contribution in [-0.4, -0.2) is 18.9 Å². The van der Waals surface area contributed by atoms with E-state index in [9.17, 15) is 0 Å². The SMILES string of the molecule is Cc1ccc(-c2[c-]cccc2)nc1.Cn1c(-c2[c-]cc(C#N)cc2)nc2ccc3c4cccc5c6ccccc6n(c54)c3c21.[Ir]. The van der Waals surface area contributed by atoms with Crippen molar-refractivity contribution < 1.29 is 20.1 Å². The molecule has 4 aromatic heterocycles.